The zero-order valence-electron chi connectivity index (χ0n) is 10.5. The van der Waals surface area contributed by atoms with Crippen molar-refractivity contribution in [2.75, 3.05) is 6.54 Å². The number of hydrogen-bond donors (Lipinski definition) is 2. The summed E-state index contributed by atoms with van der Waals surface area (Å²) in [5, 5.41) is 12.3. The minimum absolute atomic E-state index is 0.119. The Kier molecular flexibility index (Phi) is 4.10. The highest BCUT2D eigenvalue weighted by molar-refractivity contribution is 6.30. The smallest absolute Gasteiger partial charge is 0.303 e. The maximum Gasteiger partial charge on any atom is 0.303 e. The molecule has 102 valence electrons. The van der Waals surface area contributed by atoms with Crippen LogP contribution in [0.3, 0.4) is 0 Å². The van der Waals surface area contributed by atoms with E-state index in [1.54, 1.807) is 24.3 Å². The number of rotatable bonds is 5. The summed E-state index contributed by atoms with van der Waals surface area (Å²) in [6.45, 7) is 0.417. The molecule has 0 unspecified atom stereocenters. The van der Waals surface area contributed by atoms with Crippen LogP contribution in [-0.4, -0.2) is 23.5 Å². The summed E-state index contributed by atoms with van der Waals surface area (Å²) in [6.07, 6.45) is 2.87. The van der Waals surface area contributed by atoms with Crippen LogP contribution >= 0.6 is 11.6 Å². The van der Waals surface area contributed by atoms with Gasteiger partial charge in [-0.15, -0.1) is 0 Å². The number of carboxylic acids is 1. The molecule has 1 fully saturated rings. The fourth-order valence-corrected chi connectivity index (χ4v) is 2.51. The molecule has 2 N–H and O–H groups in total. The third-order valence-corrected chi connectivity index (χ3v) is 3.92. The summed E-state index contributed by atoms with van der Waals surface area (Å²) in [4.78, 5) is 22.8. The Morgan fingerprint density at radius 3 is 2.37 bits per heavy atom. The van der Waals surface area contributed by atoms with Crippen LogP contribution in [0.1, 0.15) is 36.0 Å². The van der Waals surface area contributed by atoms with Crippen molar-refractivity contribution in [2.24, 2.45) is 5.41 Å². The van der Waals surface area contributed by atoms with Gasteiger partial charge in [0, 0.05) is 17.1 Å². The first-order valence-electron chi connectivity index (χ1n) is 6.26. The molecule has 0 aliphatic heterocycles. The number of halogens is 1. The van der Waals surface area contributed by atoms with Gasteiger partial charge in [-0.1, -0.05) is 18.0 Å². The van der Waals surface area contributed by atoms with Gasteiger partial charge in [0.1, 0.15) is 0 Å². The van der Waals surface area contributed by atoms with Crippen LogP contribution in [0.4, 0.5) is 0 Å². The molecule has 1 amide bonds. The van der Waals surface area contributed by atoms with E-state index in [1.165, 1.54) is 0 Å². The van der Waals surface area contributed by atoms with E-state index in [1.807, 2.05) is 0 Å². The number of hydrogen-bond acceptors (Lipinski definition) is 2. The molecule has 1 aromatic rings. The second-order valence-electron chi connectivity index (χ2n) is 5.11. The van der Waals surface area contributed by atoms with Gasteiger partial charge in [0.05, 0.1) is 6.42 Å². The molecule has 0 saturated heterocycles. The average molecular weight is 282 g/mol. The number of carbonyl (C=O) groups excluding carboxylic acids is 1. The first kappa shape index (κ1) is 13.9. The quantitative estimate of drug-likeness (QED) is 0.872. The van der Waals surface area contributed by atoms with E-state index in [9.17, 15) is 9.59 Å². The van der Waals surface area contributed by atoms with Crippen LogP contribution in [0, 0.1) is 5.41 Å². The zero-order chi connectivity index (χ0) is 13.9. The lowest BCUT2D eigenvalue weighted by Gasteiger charge is -2.40. The number of benzene rings is 1. The van der Waals surface area contributed by atoms with Crippen molar-refractivity contribution in [3.05, 3.63) is 34.9 Å². The van der Waals surface area contributed by atoms with Gasteiger partial charge in [0.25, 0.3) is 5.91 Å². The molecule has 1 saturated carbocycles. The minimum Gasteiger partial charge on any atom is -0.481 e. The number of nitrogens with one attached hydrogen (secondary N) is 1. The highest BCUT2D eigenvalue weighted by atomic mass is 35.5. The Bertz CT molecular complexity index is 480. The molecule has 0 radical (unpaired) electrons. The summed E-state index contributed by atoms with van der Waals surface area (Å²) in [5.41, 5.74) is 0.280. The van der Waals surface area contributed by atoms with Crippen LogP contribution in [0.5, 0.6) is 0 Å². The van der Waals surface area contributed by atoms with Crippen molar-refractivity contribution in [3.8, 4) is 0 Å². The Labute approximate surface area is 116 Å². The van der Waals surface area contributed by atoms with Crippen LogP contribution < -0.4 is 5.32 Å². The van der Waals surface area contributed by atoms with Gasteiger partial charge in [-0.05, 0) is 42.5 Å². The molecule has 1 aliphatic carbocycles. The van der Waals surface area contributed by atoms with Crippen LogP contribution in [0.15, 0.2) is 24.3 Å². The molecule has 0 heterocycles. The number of carbonyl (C=O) groups is 2. The highest BCUT2D eigenvalue weighted by Gasteiger charge is 2.39. The maximum atomic E-state index is 11.9. The van der Waals surface area contributed by atoms with E-state index < -0.39 is 5.97 Å². The normalized spacial score (nSPS) is 16.5. The standard InChI is InChI=1S/C14H16ClNO3/c15-11-4-2-10(3-5-11)13(19)16-9-14(6-1-7-14)8-12(17)18/h2-5H,1,6-9H2,(H,16,19)(H,17,18). The Morgan fingerprint density at radius 2 is 1.89 bits per heavy atom. The molecule has 0 spiro atoms. The number of aliphatic carboxylic acids is 1. The largest absolute Gasteiger partial charge is 0.481 e. The van der Waals surface area contributed by atoms with E-state index in [-0.39, 0.29) is 17.7 Å². The van der Waals surface area contributed by atoms with E-state index in [2.05, 4.69) is 5.32 Å². The van der Waals surface area contributed by atoms with Crippen molar-refractivity contribution in [3.63, 3.8) is 0 Å². The second kappa shape index (κ2) is 5.61. The lowest BCUT2D eigenvalue weighted by molar-refractivity contribution is -0.141. The van der Waals surface area contributed by atoms with Gasteiger partial charge < -0.3 is 10.4 Å². The number of carboxylic acid groups (broad SMARTS) is 1. The lowest BCUT2D eigenvalue weighted by Crippen LogP contribution is -2.43. The van der Waals surface area contributed by atoms with Crippen molar-refractivity contribution < 1.29 is 14.7 Å². The summed E-state index contributed by atoms with van der Waals surface area (Å²) in [7, 11) is 0. The summed E-state index contributed by atoms with van der Waals surface area (Å²) < 4.78 is 0. The second-order valence-corrected chi connectivity index (χ2v) is 5.55. The van der Waals surface area contributed by atoms with Gasteiger partial charge in [0.15, 0.2) is 0 Å². The zero-order valence-corrected chi connectivity index (χ0v) is 11.2. The first-order chi connectivity index (χ1) is 9.01. The van der Waals surface area contributed by atoms with Crippen LogP contribution in [0.25, 0.3) is 0 Å². The molecule has 0 atom stereocenters. The predicted molar refractivity (Wildman–Crippen MR) is 72.3 cm³/mol. The molecule has 1 aromatic carbocycles. The van der Waals surface area contributed by atoms with Crippen LogP contribution in [0.2, 0.25) is 5.02 Å². The highest BCUT2D eigenvalue weighted by Crippen LogP contribution is 2.43. The van der Waals surface area contributed by atoms with E-state index in [4.69, 9.17) is 16.7 Å². The van der Waals surface area contributed by atoms with Crippen molar-refractivity contribution in [1.29, 1.82) is 0 Å². The average Bonchev–Trinajstić information content (AvgIpc) is 2.32. The predicted octanol–water partition coefficient (Wildman–Crippen LogP) is 2.71. The molecular formula is C14H16ClNO3. The fraction of sp³-hybridized carbons (Fsp3) is 0.429. The van der Waals surface area contributed by atoms with Gasteiger partial charge in [0.2, 0.25) is 0 Å². The van der Waals surface area contributed by atoms with Gasteiger partial charge in [-0.3, -0.25) is 9.59 Å². The molecule has 0 aromatic heterocycles. The SMILES string of the molecule is O=C(O)CC1(CNC(=O)c2ccc(Cl)cc2)CCC1. The minimum atomic E-state index is -0.805. The Hall–Kier alpha value is -1.55. The van der Waals surface area contributed by atoms with E-state index >= 15 is 0 Å². The van der Waals surface area contributed by atoms with Crippen molar-refractivity contribution in [2.45, 2.75) is 25.7 Å². The Morgan fingerprint density at radius 1 is 1.26 bits per heavy atom. The third kappa shape index (κ3) is 3.47. The molecule has 0 bridgehead atoms. The molecular weight excluding hydrogens is 266 g/mol. The lowest BCUT2D eigenvalue weighted by atomic mass is 9.66. The van der Waals surface area contributed by atoms with Gasteiger partial charge in [-0.2, -0.15) is 0 Å². The topological polar surface area (TPSA) is 66.4 Å². The van der Waals surface area contributed by atoms with E-state index in [0.29, 0.717) is 17.1 Å². The first-order valence-corrected chi connectivity index (χ1v) is 6.64. The monoisotopic (exact) mass is 281 g/mol. The van der Waals surface area contributed by atoms with Gasteiger partial charge >= 0.3 is 5.97 Å². The van der Waals surface area contributed by atoms with Gasteiger partial charge in [-0.25, -0.2) is 0 Å². The molecule has 4 nitrogen and oxygen atoms in total. The Balaban J connectivity index is 1.92. The molecule has 19 heavy (non-hydrogen) atoms. The number of amides is 1. The van der Waals surface area contributed by atoms with E-state index in [0.717, 1.165) is 19.3 Å². The molecule has 5 heteroatoms. The maximum absolute atomic E-state index is 11.9. The van der Waals surface area contributed by atoms with Crippen LogP contribution in [-0.2, 0) is 4.79 Å². The molecule has 2 rings (SSSR count). The summed E-state index contributed by atoms with van der Waals surface area (Å²) in [6, 6.07) is 6.63. The molecule has 1 aliphatic rings. The third-order valence-electron chi connectivity index (χ3n) is 3.67. The van der Waals surface area contributed by atoms with Crippen molar-refractivity contribution >= 4 is 23.5 Å². The summed E-state index contributed by atoms with van der Waals surface area (Å²) >= 11 is 5.76. The fourth-order valence-electron chi connectivity index (χ4n) is 2.38. The van der Waals surface area contributed by atoms with Crippen molar-refractivity contribution in [1.82, 2.24) is 5.32 Å². The summed E-state index contributed by atoms with van der Waals surface area (Å²) in [5.74, 6) is -0.992.